The van der Waals surface area contributed by atoms with Gasteiger partial charge in [-0.15, -0.1) is 10.2 Å². The Bertz CT molecular complexity index is 1690. The monoisotopic (exact) mass is 608 g/mol. The first-order valence-electron chi connectivity index (χ1n) is 13.0. The van der Waals surface area contributed by atoms with Gasteiger partial charge in [0.05, 0.1) is 36.7 Å². The van der Waals surface area contributed by atoms with E-state index in [-0.39, 0.29) is 27.6 Å². The van der Waals surface area contributed by atoms with E-state index < -0.39 is 26.7 Å². The van der Waals surface area contributed by atoms with Gasteiger partial charge in [-0.2, -0.15) is 23.2 Å². The highest BCUT2D eigenvalue weighted by Gasteiger charge is 2.59. The number of carbonyl (C=O) groups excluding carboxylic acids is 1. The molecule has 3 aromatic heterocycles. The predicted molar refractivity (Wildman–Crippen MR) is 137 cm³/mol. The molecule has 2 unspecified atom stereocenters. The number of ether oxygens (including phenoxy) is 1. The van der Waals surface area contributed by atoms with E-state index in [1.54, 1.807) is 0 Å². The zero-order chi connectivity index (χ0) is 28.7. The van der Waals surface area contributed by atoms with E-state index in [0.717, 1.165) is 0 Å². The van der Waals surface area contributed by atoms with Crippen molar-refractivity contribution in [3.8, 4) is 16.9 Å². The Labute approximate surface area is 235 Å². The van der Waals surface area contributed by atoms with E-state index >= 15 is 0 Å². The lowest BCUT2D eigenvalue weighted by molar-refractivity contribution is -0.138. The largest absolute Gasteiger partial charge is 0.445 e. The van der Waals surface area contributed by atoms with Gasteiger partial charge < -0.3 is 14.5 Å². The van der Waals surface area contributed by atoms with Gasteiger partial charge in [-0.1, -0.05) is 11.3 Å². The number of nitrogens with one attached hydrogen (secondary N) is 1. The van der Waals surface area contributed by atoms with Gasteiger partial charge in [-0.05, 0) is 30.7 Å². The van der Waals surface area contributed by atoms with Crippen molar-refractivity contribution >= 4 is 38.5 Å². The van der Waals surface area contributed by atoms with Gasteiger partial charge >= 0.3 is 6.18 Å². The van der Waals surface area contributed by atoms with Gasteiger partial charge in [-0.3, -0.25) is 9.20 Å². The summed E-state index contributed by atoms with van der Waals surface area (Å²) in [6.07, 6.45) is -1.22. The molecule has 1 amide bonds. The molecule has 17 heteroatoms. The van der Waals surface area contributed by atoms with E-state index in [0.29, 0.717) is 86.6 Å². The molecule has 2 aliphatic heterocycles. The topological polar surface area (TPSA) is 146 Å². The maximum atomic E-state index is 13.4. The standard InChI is InChI=1S/C24H23F3N8O4S2/c25-24(26,27)22-31-30-20(40-22)19-29-8-17-16(7-13(9-35(17)19)41(37,38)32-23(12-28)1-2-23)33-3-5-34(6-4-33)21(36)18-14-10-39-11-15(14)18/h7-9,14-15,18,32H,1-6,10-11H2. The minimum Gasteiger partial charge on any atom is -0.381 e. The second kappa shape index (κ2) is 9.08. The minimum absolute atomic E-state index is 0.00214. The van der Waals surface area contributed by atoms with E-state index in [2.05, 4.69) is 19.9 Å². The molecule has 12 nitrogen and oxygen atoms in total. The first-order chi connectivity index (χ1) is 19.5. The molecule has 7 rings (SSSR count). The van der Waals surface area contributed by atoms with Crippen LogP contribution in [0.2, 0.25) is 0 Å². The third kappa shape index (κ3) is 4.53. The number of nitrogens with zero attached hydrogens (tertiary/aromatic N) is 7. The predicted octanol–water partition coefficient (Wildman–Crippen LogP) is 1.75. The van der Waals surface area contributed by atoms with Crippen LogP contribution in [0.25, 0.3) is 16.3 Å². The van der Waals surface area contributed by atoms with Crippen LogP contribution in [0.15, 0.2) is 23.4 Å². The number of amides is 1. The molecule has 41 heavy (non-hydrogen) atoms. The van der Waals surface area contributed by atoms with Crippen LogP contribution in [0.5, 0.6) is 0 Å². The van der Waals surface area contributed by atoms with Crippen molar-refractivity contribution in [2.45, 2.75) is 29.5 Å². The Kier molecular flexibility index (Phi) is 5.88. The van der Waals surface area contributed by atoms with Crippen molar-refractivity contribution in [1.29, 1.82) is 5.26 Å². The van der Waals surface area contributed by atoms with Crippen molar-refractivity contribution in [1.82, 2.24) is 29.2 Å². The number of imidazole rings is 1. The number of piperazine rings is 1. The van der Waals surface area contributed by atoms with Crippen molar-refractivity contribution in [2.75, 3.05) is 44.3 Å². The van der Waals surface area contributed by atoms with Crippen LogP contribution in [0.3, 0.4) is 0 Å². The lowest BCUT2D eigenvalue weighted by Gasteiger charge is -2.37. The maximum Gasteiger partial charge on any atom is 0.445 e. The van der Waals surface area contributed by atoms with Crippen LogP contribution in [-0.2, 0) is 25.7 Å². The van der Waals surface area contributed by atoms with Crippen LogP contribution >= 0.6 is 11.3 Å². The highest BCUT2D eigenvalue weighted by atomic mass is 32.2. The normalized spacial score (nSPS) is 25.3. The molecule has 2 saturated carbocycles. The molecule has 2 saturated heterocycles. The van der Waals surface area contributed by atoms with E-state index in [1.807, 2.05) is 15.9 Å². The Morgan fingerprint density at radius 3 is 2.49 bits per heavy atom. The third-order valence-electron chi connectivity index (χ3n) is 8.23. The quantitative estimate of drug-likeness (QED) is 0.442. The van der Waals surface area contributed by atoms with Gasteiger partial charge in [0, 0.05) is 38.3 Å². The zero-order valence-corrected chi connectivity index (χ0v) is 23.0. The summed E-state index contributed by atoms with van der Waals surface area (Å²) in [5.74, 6) is 0.705. The number of alkyl halides is 3. The number of anilines is 1. The van der Waals surface area contributed by atoms with E-state index in [9.17, 15) is 31.6 Å². The van der Waals surface area contributed by atoms with E-state index in [4.69, 9.17) is 4.74 Å². The molecule has 0 aromatic carbocycles. The number of rotatable bonds is 6. The summed E-state index contributed by atoms with van der Waals surface area (Å²) in [7, 11) is -4.19. The molecule has 2 aliphatic carbocycles. The number of carbonyl (C=O) groups is 1. The van der Waals surface area contributed by atoms with Crippen LogP contribution in [0.4, 0.5) is 18.9 Å². The SMILES string of the molecule is N#CC1(NS(=O)(=O)c2cc(N3CCN(C(=O)C4C5COCC54)CC3)c3cnc(-c4nnc(C(F)(F)F)s4)n3c2)CC1. The number of hydrogen-bond acceptors (Lipinski definition) is 10. The van der Waals surface area contributed by atoms with Gasteiger partial charge in [0.25, 0.3) is 0 Å². The van der Waals surface area contributed by atoms with Crippen molar-refractivity contribution in [2.24, 2.45) is 17.8 Å². The fourth-order valence-electron chi connectivity index (χ4n) is 5.70. The molecule has 0 radical (unpaired) electrons. The lowest BCUT2D eigenvalue weighted by Crippen LogP contribution is -2.49. The second-order valence-electron chi connectivity index (χ2n) is 10.8. The maximum absolute atomic E-state index is 13.4. The molecule has 1 N–H and O–H groups in total. The highest BCUT2D eigenvalue weighted by Crippen LogP contribution is 2.51. The number of hydrogen-bond donors (Lipinski definition) is 1. The van der Waals surface area contributed by atoms with Crippen molar-refractivity contribution < 1.29 is 31.1 Å². The number of nitriles is 1. The first-order valence-corrected chi connectivity index (χ1v) is 15.3. The van der Waals surface area contributed by atoms with E-state index in [1.165, 1.54) is 22.9 Å². The molecule has 2 atom stereocenters. The summed E-state index contributed by atoms with van der Waals surface area (Å²) < 4.78 is 75.7. The van der Waals surface area contributed by atoms with Gasteiger partial charge in [0.2, 0.25) is 20.9 Å². The minimum atomic E-state index is -4.69. The van der Waals surface area contributed by atoms with Gasteiger partial charge in [-0.25, -0.2) is 13.4 Å². The zero-order valence-electron chi connectivity index (χ0n) is 21.3. The smallest absolute Gasteiger partial charge is 0.381 e. The van der Waals surface area contributed by atoms with Gasteiger partial charge in [0.1, 0.15) is 10.4 Å². The molecule has 216 valence electrons. The summed E-state index contributed by atoms with van der Waals surface area (Å²) in [6, 6.07) is 3.47. The molecule has 0 bridgehead atoms. The van der Waals surface area contributed by atoms with Crippen LogP contribution < -0.4 is 9.62 Å². The molecule has 3 aromatic rings. The third-order valence-corrected chi connectivity index (χ3v) is 10.7. The van der Waals surface area contributed by atoms with Crippen LogP contribution in [-0.4, -0.2) is 83.7 Å². The summed E-state index contributed by atoms with van der Waals surface area (Å²) in [6.45, 7) is 2.92. The first kappa shape index (κ1) is 26.6. The molecule has 4 aliphatic rings. The Morgan fingerprint density at radius 1 is 1.17 bits per heavy atom. The van der Waals surface area contributed by atoms with Crippen LogP contribution in [0.1, 0.15) is 17.8 Å². The molecular weight excluding hydrogens is 585 g/mol. The number of sulfonamides is 1. The second-order valence-corrected chi connectivity index (χ2v) is 13.5. The number of aromatic nitrogens is 4. The Hall–Kier alpha value is -3.33. The van der Waals surface area contributed by atoms with Crippen molar-refractivity contribution in [3.05, 3.63) is 23.5 Å². The summed E-state index contributed by atoms with van der Waals surface area (Å²) in [5, 5.41) is 15.1. The van der Waals surface area contributed by atoms with Crippen LogP contribution in [0, 0.1) is 29.1 Å². The average Bonchev–Trinajstić information content (AvgIpc) is 3.54. The molecular formula is C24H23F3N8O4S2. The summed E-state index contributed by atoms with van der Waals surface area (Å²) in [5.41, 5.74) is -0.236. The summed E-state index contributed by atoms with van der Waals surface area (Å²) >= 11 is 0.304. The number of halogens is 3. The number of fused-ring (bicyclic) bond motifs is 2. The Balaban J connectivity index is 1.23. The average molecular weight is 609 g/mol. The summed E-state index contributed by atoms with van der Waals surface area (Å²) in [4.78, 5) is 20.9. The fraction of sp³-hybridized carbons (Fsp3) is 0.542. The lowest BCUT2D eigenvalue weighted by atomic mass is 10.2. The van der Waals surface area contributed by atoms with Crippen molar-refractivity contribution in [3.63, 3.8) is 0 Å². The molecule has 0 spiro atoms. The molecule has 5 heterocycles. The highest BCUT2D eigenvalue weighted by molar-refractivity contribution is 7.89. The molecule has 4 fully saturated rings. The fourth-order valence-corrected chi connectivity index (χ4v) is 7.80. The number of pyridine rings is 1. The Morgan fingerprint density at radius 2 is 1.88 bits per heavy atom. The van der Waals surface area contributed by atoms with Gasteiger partial charge in [0.15, 0.2) is 10.8 Å².